The van der Waals surface area contributed by atoms with Crippen LogP contribution in [0.15, 0.2) is 39.8 Å². The third kappa shape index (κ3) is 3.17. The number of nitrogens with one attached hydrogen (secondary N) is 1. The minimum atomic E-state index is -3.50. The molecule has 18 heavy (non-hydrogen) atoms. The molecule has 1 N–H and O–H groups in total. The van der Waals surface area contributed by atoms with Gasteiger partial charge in [0, 0.05) is 22.1 Å². The van der Waals surface area contributed by atoms with Crippen molar-refractivity contribution in [1.82, 2.24) is 9.71 Å². The van der Waals surface area contributed by atoms with Gasteiger partial charge in [-0.3, -0.25) is 0 Å². The van der Waals surface area contributed by atoms with Gasteiger partial charge in [0.1, 0.15) is 0 Å². The third-order valence-electron chi connectivity index (χ3n) is 2.23. The Morgan fingerprint density at radius 2 is 2.11 bits per heavy atom. The highest BCUT2D eigenvalue weighted by Gasteiger charge is 2.16. The highest BCUT2D eigenvalue weighted by Crippen LogP contribution is 2.21. The molecule has 0 amide bonds. The zero-order valence-electron chi connectivity index (χ0n) is 9.55. The summed E-state index contributed by atoms with van der Waals surface area (Å²) in [6.45, 7) is 2.14. The molecule has 0 saturated heterocycles. The van der Waals surface area contributed by atoms with Crippen molar-refractivity contribution in [2.75, 3.05) is 0 Å². The lowest BCUT2D eigenvalue weighted by Gasteiger charge is -2.06. The summed E-state index contributed by atoms with van der Waals surface area (Å²) in [5.74, 6) is 0. The molecule has 0 spiro atoms. The van der Waals surface area contributed by atoms with Crippen LogP contribution < -0.4 is 4.72 Å². The van der Waals surface area contributed by atoms with Gasteiger partial charge in [0.15, 0.2) is 0 Å². The maximum atomic E-state index is 12.1. The maximum Gasteiger partial charge on any atom is 0.242 e. The van der Waals surface area contributed by atoms with Crippen LogP contribution in [-0.4, -0.2) is 13.4 Å². The van der Waals surface area contributed by atoms with Gasteiger partial charge < -0.3 is 0 Å². The second-order valence-corrected chi connectivity index (χ2v) is 7.51. The minimum Gasteiger partial charge on any atom is -0.250 e. The zero-order valence-corrected chi connectivity index (χ0v) is 12.8. The number of hydrogen-bond donors (Lipinski definition) is 1. The normalized spacial score (nSPS) is 11.7. The Morgan fingerprint density at radius 3 is 2.72 bits per heavy atom. The number of aryl methyl sites for hydroxylation is 1. The van der Waals surface area contributed by atoms with Crippen LogP contribution in [0.1, 0.15) is 9.88 Å². The molecule has 0 unspecified atom stereocenters. The Hall–Kier alpha value is -0.760. The van der Waals surface area contributed by atoms with E-state index >= 15 is 0 Å². The molecule has 1 heterocycles. The number of benzene rings is 1. The van der Waals surface area contributed by atoms with Gasteiger partial charge in [0.25, 0.3) is 0 Å². The van der Waals surface area contributed by atoms with Crippen molar-refractivity contribution in [3.63, 3.8) is 0 Å². The first-order valence-electron chi connectivity index (χ1n) is 5.14. The molecule has 0 aliphatic carbocycles. The van der Waals surface area contributed by atoms with Crippen molar-refractivity contribution in [2.45, 2.75) is 18.4 Å². The molecular weight excluding hydrogens is 336 g/mol. The van der Waals surface area contributed by atoms with Gasteiger partial charge in [0.05, 0.1) is 9.90 Å². The molecule has 0 atom stereocenters. The standard InChI is InChI=1S/C11H11BrN2O2S2/c1-8-13-6-9(17-8)7-14-18(15,16)11-5-3-2-4-10(11)12/h2-6,14H,7H2,1H3. The van der Waals surface area contributed by atoms with Gasteiger partial charge in [-0.1, -0.05) is 12.1 Å². The van der Waals surface area contributed by atoms with E-state index in [1.165, 1.54) is 11.3 Å². The second kappa shape index (κ2) is 5.48. The molecule has 4 nitrogen and oxygen atoms in total. The lowest BCUT2D eigenvalue weighted by Crippen LogP contribution is -2.23. The summed E-state index contributed by atoms with van der Waals surface area (Å²) in [5, 5.41) is 0.921. The number of halogens is 1. The Balaban J connectivity index is 2.16. The number of thiazole rings is 1. The van der Waals surface area contributed by atoms with E-state index in [1.807, 2.05) is 6.92 Å². The van der Waals surface area contributed by atoms with Gasteiger partial charge >= 0.3 is 0 Å². The van der Waals surface area contributed by atoms with Crippen molar-refractivity contribution in [3.05, 3.63) is 44.8 Å². The summed E-state index contributed by atoms with van der Waals surface area (Å²) < 4.78 is 27.3. The van der Waals surface area contributed by atoms with Gasteiger partial charge in [0.2, 0.25) is 10.0 Å². The van der Waals surface area contributed by atoms with E-state index in [4.69, 9.17) is 0 Å². The minimum absolute atomic E-state index is 0.242. The molecule has 0 saturated carbocycles. The Kier molecular flexibility index (Phi) is 4.16. The van der Waals surface area contributed by atoms with Gasteiger partial charge in [-0.2, -0.15) is 0 Å². The first-order valence-corrected chi connectivity index (χ1v) is 8.24. The maximum absolute atomic E-state index is 12.1. The van der Waals surface area contributed by atoms with Crippen molar-refractivity contribution >= 4 is 37.3 Å². The summed E-state index contributed by atoms with van der Waals surface area (Å²) in [5.41, 5.74) is 0. The van der Waals surface area contributed by atoms with Crippen LogP contribution >= 0.6 is 27.3 Å². The number of hydrogen-bond acceptors (Lipinski definition) is 4. The van der Waals surface area contributed by atoms with Crippen molar-refractivity contribution in [1.29, 1.82) is 0 Å². The quantitative estimate of drug-likeness (QED) is 0.925. The topological polar surface area (TPSA) is 59.1 Å². The molecule has 1 aromatic heterocycles. The Labute approximate surface area is 118 Å². The fourth-order valence-corrected chi connectivity index (χ4v) is 4.23. The SMILES string of the molecule is Cc1ncc(CNS(=O)(=O)c2ccccc2Br)s1. The average Bonchev–Trinajstić information content (AvgIpc) is 2.73. The molecule has 2 rings (SSSR count). The van der Waals surface area contributed by atoms with E-state index in [0.717, 1.165) is 9.88 Å². The fourth-order valence-electron chi connectivity index (χ4n) is 1.39. The lowest BCUT2D eigenvalue weighted by molar-refractivity contribution is 0.581. The third-order valence-corrected chi connectivity index (χ3v) is 5.56. The van der Waals surface area contributed by atoms with Crippen LogP contribution in [0.3, 0.4) is 0 Å². The van der Waals surface area contributed by atoms with E-state index in [0.29, 0.717) is 4.47 Å². The van der Waals surface area contributed by atoms with Crippen LogP contribution in [0.5, 0.6) is 0 Å². The highest BCUT2D eigenvalue weighted by molar-refractivity contribution is 9.10. The molecule has 0 aliphatic rings. The first-order chi connectivity index (χ1) is 8.49. The first kappa shape index (κ1) is 13.7. The second-order valence-electron chi connectivity index (χ2n) is 3.60. The van der Waals surface area contributed by atoms with Crippen LogP contribution in [0.4, 0.5) is 0 Å². The molecule has 7 heteroatoms. The molecule has 1 aromatic carbocycles. The summed E-state index contributed by atoms with van der Waals surface area (Å²) in [7, 11) is -3.50. The van der Waals surface area contributed by atoms with Gasteiger partial charge in [-0.05, 0) is 35.0 Å². The predicted molar refractivity (Wildman–Crippen MR) is 75.0 cm³/mol. The van der Waals surface area contributed by atoms with E-state index in [9.17, 15) is 8.42 Å². The molecule has 0 bridgehead atoms. The Morgan fingerprint density at radius 1 is 1.39 bits per heavy atom. The molecule has 0 aliphatic heterocycles. The van der Waals surface area contributed by atoms with E-state index in [-0.39, 0.29) is 11.4 Å². The monoisotopic (exact) mass is 346 g/mol. The van der Waals surface area contributed by atoms with Crippen LogP contribution in [0, 0.1) is 6.92 Å². The summed E-state index contributed by atoms with van der Waals surface area (Å²) in [6, 6.07) is 6.72. The van der Waals surface area contributed by atoms with E-state index < -0.39 is 10.0 Å². The zero-order chi connectivity index (χ0) is 13.2. The largest absolute Gasteiger partial charge is 0.250 e. The molecular formula is C11H11BrN2O2S2. The number of rotatable bonds is 4. The van der Waals surface area contributed by atoms with Crippen LogP contribution in [-0.2, 0) is 16.6 Å². The fraction of sp³-hybridized carbons (Fsp3) is 0.182. The molecule has 2 aromatic rings. The van der Waals surface area contributed by atoms with Gasteiger partial charge in [-0.15, -0.1) is 11.3 Å². The average molecular weight is 347 g/mol. The summed E-state index contributed by atoms with van der Waals surface area (Å²) in [4.78, 5) is 5.22. The number of aromatic nitrogens is 1. The number of sulfonamides is 1. The Bertz CT molecular complexity index is 653. The summed E-state index contributed by atoms with van der Waals surface area (Å²) in [6.07, 6.45) is 1.68. The lowest BCUT2D eigenvalue weighted by atomic mass is 10.4. The smallest absolute Gasteiger partial charge is 0.242 e. The molecule has 96 valence electrons. The van der Waals surface area contributed by atoms with Crippen molar-refractivity contribution in [3.8, 4) is 0 Å². The van der Waals surface area contributed by atoms with Crippen molar-refractivity contribution < 1.29 is 8.42 Å². The van der Waals surface area contributed by atoms with Crippen LogP contribution in [0.25, 0.3) is 0 Å². The van der Waals surface area contributed by atoms with Gasteiger partial charge in [-0.25, -0.2) is 18.1 Å². The number of nitrogens with zero attached hydrogens (tertiary/aromatic N) is 1. The van der Waals surface area contributed by atoms with Crippen molar-refractivity contribution in [2.24, 2.45) is 0 Å². The highest BCUT2D eigenvalue weighted by atomic mass is 79.9. The molecule has 0 fully saturated rings. The predicted octanol–water partition coefficient (Wildman–Crippen LogP) is 2.69. The van der Waals surface area contributed by atoms with E-state index in [2.05, 4.69) is 25.6 Å². The molecule has 0 radical (unpaired) electrons. The summed E-state index contributed by atoms with van der Waals surface area (Å²) >= 11 is 4.71. The van der Waals surface area contributed by atoms with E-state index in [1.54, 1.807) is 30.5 Å². The van der Waals surface area contributed by atoms with Crippen LogP contribution in [0.2, 0.25) is 0 Å².